The van der Waals surface area contributed by atoms with Crippen molar-refractivity contribution in [1.29, 1.82) is 0 Å². The number of benzene rings is 2. The number of nitrogens with zero attached hydrogens (tertiary/aromatic N) is 8. The molecule has 20 nitrogen and oxygen atoms in total. The maximum atomic E-state index is 15.2. The summed E-state index contributed by atoms with van der Waals surface area (Å²) in [4.78, 5) is 123. The van der Waals surface area contributed by atoms with E-state index in [1.165, 1.54) is 63.0 Å². The van der Waals surface area contributed by atoms with Crippen LogP contribution in [0, 0.1) is 23.7 Å². The summed E-state index contributed by atoms with van der Waals surface area (Å²) in [6, 6.07) is 9.84. The number of hydrogen-bond acceptors (Lipinski definition) is 14. The lowest BCUT2D eigenvalue weighted by atomic mass is 9.99. The van der Waals surface area contributed by atoms with E-state index in [-0.39, 0.29) is 62.2 Å². The van der Waals surface area contributed by atoms with Crippen LogP contribution in [0.4, 0.5) is 0 Å². The third kappa shape index (κ3) is 17.9. The zero-order valence-electron chi connectivity index (χ0n) is 53.0. The predicted molar refractivity (Wildman–Crippen MR) is 322 cm³/mol. The van der Waals surface area contributed by atoms with E-state index in [9.17, 15) is 28.8 Å². The van der Waals surface area contributed by atoms with Crippen LogP contribution in [0.2, 0.25) is 0 Å². The van der Waals surface area contributed by atoms with Crippen LogP contribution < -0.4 is 0 Å². The Balaban J connectivity index is 1.24. The van der Waals surface area contributed by atoms with Crippen molar-refractivity contribution in [2.45, 2.75) is 207 Å². The molecule has 0 radical (unpaired) electrons. The molecule has 8 atom stereocenters. The highest BCUT2D eigenvalue weighted by molar-refractivity contribution is 5.94. The Kier molecular flexibility index (Phi) is 22.6. The molecule has 468 valence electrons. The van der Waals surface area contributed by atoms with E-state index in [2.05, 4.69) is 16.4 Å². The van der Waals surface area contributed by atoms with E-state index in [0.29, 0.717) is 36.1 Å². The molecule has 2 aliphatic carbocycles. The lowest BCUT2D eigenvalue weighted by molar-refractivity contribution is -0.176. The predicted octanol–water partition coefficient (Wildman–Crippen LogP) is 7.91. The number of rotatable bonds is 18. The highest BCUT2D eigenvalue weighted by Crippen LogP contribution is 2.40. The van der Waals surface area contributed by atoms with E-state index >= 15 is 9.59 Å². The van der Waals surface area contributed by atoms with Crippen LogP contribution in [0.5, 0.6) is 0 Å². The van der Waals surface area contributed by atoms with Crippen LogP contribution in [-0.2, 0) is 83.2 Å². The molecule has 0 N–H and O–H groups in total. The summed E-state index contributed by atoms with van der Waals surface area (Å²) in [5.74, 6) is -6.28. The molecule has 7 rings (SSSR count). The second-order valence-electron chi connectivity index (χ2n) is 25.9. The van der Waals surface area contributed by atoms with Crippen LogP contribution in [0.25, 0.3) is 0 Å². The summed E-state index contributed by atoms with van der Waals surface area (Å²) < 4.78 is 28.2. The number of esters is 4. The molecule has 1 aliphatic heterocycles. The molecule has 0 bridgehead atoms. The SMILES string of the molecule is CC(C)C[C@H]1C(=O)O[C@H](Cc2cccc(Cn3cc(C4CC4)cn3)c2)C(=O)N(C)[C@@H](CC(C)C)C(=O)O[C@H](C)C(=O)N(C)[C@@H](CC(C)C)C(=O)O[C@H](Cc2ccc(Cn3cc(C4CC4)cn3)cc2)C(=O)N(C)[C@@H](CC(C)C)C(=O)O[C@H](C)C(=O)N1C. The smallest absolute Gasteiger partial charge is 0.329 e. The Labute approximate surface area is 507 Å². The van der Waals surface area contributed by atoms with Crippen LogP contribution in [0.15, 0.2) is 73.3 Å². The topological polar surface area (TPSA) is 222 Å². The fourth-order valence-corrected chi connectivity index (χ4v) is 11.1. The summed E-state index contributed by atoms with van der Waals surface area (Å²) in [5.41, 5.74) is 5.48. The highest BCUT2D eigenvalue weighted by atomic mass is 16.6. The van der Waals surface area contributed by atoms with E-state index in [0.717, 1.165) is 46.6 Å². The van der Waals surface area contributed by atoms with Gasteiger partial charge in [0, 0.05) is 53.4 Å². The monoisotopic (exact) mass is 1190 g/mol. The minimum atomic E-state index is -1.54. The molecule has 2 aromatic heterocycles. The van der Waals surface area contributed by atoms with Crippen molar-refractivity contribution < 1.29 is 57.3 Å². The molecule has 20 heteroatoms. The molecule has 2 saturated carbocycles. The molecule has 3 aliphatic rings. The van der Waals surface area contributed by atoms with E-state index in [1.807, 2.05) is 132 Å². The first-order valence-electron chi connectivity index (χ1n) is 30.8. The number of amides is 4. The maximum Gasteiger partial charge on any atom is 0.329 e. The van der Waals surface area contributed by atoms with Crippen molar-refractivity contribution in [2.24, 2.45) is 23.7 Å². The van der Waals surface area contributed by atoms with Gasteiger partial charge < -0.3 is 38.5 Å². The number of likely N-dealkylation sites (N-methyl/N-ethyl adjacent to an activating group) is 4. The molecule has 2 aromatic carbocycles. The second kappa shape index (κ2) is 29.3. The standard InChI is InChI=1S/C66H92N8O12/c1-39(2)26-53-63(79)83-44(10)60(76)70(12)56(29-42(7)8)66(82)86-58(32-47-16-15-17-48(30-47)36-74-38-52(34-68-74)50-24-25-50)62(78)72(14)54(27-40(3)4)64(80)84-43(9)59(75)69(11)55(28-41(5)6)65(81)85-57(61(77)71(53)13)31-45-18-20-46(21-19-45)35-73-37-51(33-67-73)49-22-23-49/h15-21,30,33-34,37-44,49-50,53-58H,22-29,31-32,35-36H2,1-14H3/t43-,44-,53+,54+,55+,56+,57-,58-/m1/s1. The Morgan fingerprint density at radius 3 is 1.13 bits per heavy atom. The average molecular weight is 1190 g/mol. The van der Waals surface area contributed by atoms with Gasteiger partial charge in [-0.05, 0) is 134 Å². The third-order valence-corrected chi connectivity index (χ3v) is 16.4. The third-order valence-electron chi connectivity index (χ3n) is 16.4. The zero-order chi connectivity index (χ0) is 62.8. The first-order chi connectivity index (χ1) is 40.7. The number of aromatic nitrogens is 4. The van der Waals surface area contributed by atoms with Crippen molar-refractivity contribution in [3.63, 3.8) is 0 Å². The number of ether oxygens (including phenoxy) is 4. The minimum absolute atomic E-state index is 0.0863. The van der Waals surface area contributed by atoms with Gasteiger partial charge >= 0.3 is 23.9 Å². The highest BCUT2D eigenvalue weighted by Gasteiger charge is 2.43. The molecule has 86 heavy (non-hydrogen) atoms. The summed E-state index contributed by atoms with van der Waals surface area (Å²) in [5, 5.41) is 9.12. The summed E-state index contributed by atoms with van der Waals surface area (Å²) in [7, 11) is 5.63. The number of carbonyl (C=O) groups excluding carboxylic acids is 8. The molecular formula is C66H92N8O12. The van der Waals surface area contributed by atoms with Gasteiger partial charge in [-0.15, -0.1) is 0 Å². The molecule has 3 heterocycles. The molecule has 4 amide bonds. The zero-order valence-corrected chi connectivity index (χ0v) is 53.0. The van der Waals surface area contributed by atoms with Crippen molar-refractivity contribution in [1.82, 2.24) is 39.2 Å². The summed E-state index contributed by atoms with van der Waals surface area (Å²) in [6.45, 7) is 18.6. The number of carbonyl (C=O) groups is 8. The molecule has 0 spiro atoms. The van der Waals surface area contributed by atoms with Crippen LogP contribution in [0.3, 0.4) is 0 Å². The van der Waals surface area contributed by atoms with E-state index < -0.39 is 96.1 Å². The van der Waals surface area contributed by atoms with Gasteiger partial charge in [-0.3, -0.25) is 28.5 Å². The lowest BCUT2D eigenvalue weighted by Gasteiger charge is -2.35. The normalized spacial score (nSPS) is 24.2. The van der Waals surface area contributed by atoms with Crippen molar-refractivity contribution in [2.75, 3.05) is 28.2 Å². The van der Waals surface area contributed by atoms with Crippen LogP contribution in [-0.4, -0.2) is 163 Å². The Bertz CT molecular complexity index is 3000. The van der Waals surface area contributed by atoms with Crippen LogP contribution in [0.1, 0.15) is 166 Å². The Morgan fingerprint density at radius 2 is 0.756 bits per heavy atom. The first kappa shape index (κ1) is 66.2. The minimum Gasteiger partial charge on any atom is -0.451 e. The molecule has 4 aromatic rings. The fourth-order valence-electron chi connectivity index (χ4n) is 11.1. The Hall–Kier alpha value is -7.38. The summed E-state index contributed by atoms with van der Waals surface area (Å²) in [6.07, 6.45) is 6.51. The second-order valence-corrected chi connectivity index (χ2v) is 25.9. The van der Waals surface area contributed by atoms with Crippen LogP contribution >= 0.6 is 0 Å². The maximum absolute atomic E-state index is 15.2. The molecule has 0 unspecified atom stereocenters. The van der Waals surface area contributed by atoms with Gasteiger partial charge in [0.05, 0.1) is 25.5 Å². The quantitative estimate of drug-likeness (QED) is 0.0683. The first-order valence-corrected chi connectivity index (χ1v) is 30.8. The molecular weight excluding hydrogens is 1100 g/mol. The average Bonchev–Trinajstić information content (AvgIpc) is 4.09. The van der Waals surface area contributed by atoms with E-state index in [1.54, 1.807) is 0 Å². The van der Waals surface area contributed by atoms with Gasteiger partial charge in [0.2, 0.25) is 0 Å². The summed E-state index contributed by atoms with van der Waals surface area (Å²) >= 11 is 0. The van der Waals surface area contributed by atoms with Gasteiger partial charge in [0.25, 0.3) is 23.6 Å². The van der Waals surface area contributed by atoms with Gasteiger partial charge in [0.1, 0.15) is 24.2 Å². The van der Waals surface area contributed by atoms with Crippen molar-refractivity contribution in [3.05, 3.63) is 107 Å². The van der Waals surface area contributed by atoms with Gasteiger partial charge in [0.15, 0.2) is 24.4 Å². The van der Waals surface area contributed by atoms with Gasteiger partial charge in [-0.2, -0.15) is 10.2 Å². The van der Waals surface area contributed by atoms with Gasteiger partial charge in [-0.25, -0.2) is 19.2 Å². The Morgan fingerprint density at radius 1 is 0.430 bits per heavy atom. The molecule has 3 fully saturated rings. The fraction of sp³-hybridized carbons (Fsp3) is 0.606. The van der Waals surface area contributed by atoms with Crippen molar-refractivity contribution >= 4 is 47.5 Å². The lowest BCUT2D eigenvalue weighted by Crippen LogP contribution is -2.55. The number of cyclic esters (lactones) is 4. The largest absolute Gasteiger partial charge is 0.451 e. The van der Waals surface area contributed by atoms with Crippen molar-refractivity contribution in [3.8, 4) is 0 Å². The number of hydrogen-bond donors (Lipinski definition) is 0. The van der Waals surface area contributed by atoms with E-state index in [4.69, 9.17) is 18.9 Å². The van der Waals surface area contributed by atoms with Gasteiger partial charge in [-0.1, -0.05) is 104 Å². The molecule has 1 saturated heterocycles.